The highest BCUT2D eigenvalue weighted by atomic mass is 35.5. The number of rotatable bonds is 7. The van der Waals surface area contributed by atoms with Gasteiger partial charge in [-0.05, 0) is 68.1 Å². The number of carbonyl (C=O) groups is 1. The third-order valence-corrected chi connectivity index (χ3v) is 8.34. The predicted octanol–water partition coefficient (Wildman–Crippen LogP) is 5.23. The number of carbonyl (C=O) groups excluding carboxylic acids is 1. The molecule has 1 N–H and O–H groups in total. The number of ether oxygens (including phenoxy) is 1. The van der Waals surface area contributed by atoms with Gasteiger partial charge in [0.15, 0.2) is 5.16 Å². The Morgan fingerprint density at radius 2 is 2.06 bits per heavy atom. The number of nitrogens with one attached hydrogen (secondary N) is 1. The van der Waals surface area contributed by atoms with Gasteiger partial charge in [0.2, 0.25) is 0 Å². The Balaban J connectivity index is 1.41. The summed E-state index contributed by atoms with van der Waals surface area (Å²) in [4.78, 5) is 33.1. The van der Waals surface area contributed by atoms with E-state index in [1.165, 1.54) is 16.6 Å². The van der Waals surface area contributed by atoms with Crippen molar-refractivity contribution >= 4 is 56.5 Å². The number of methoxy groups -OCH3 is 1. The molecule has 0 saturated carbocycles. The van der Waals surface area contributed by atoms with Crippen molar-refractivity contribution in [3.8, 4) is 11.4 Å². The number of hydrogen-bond acceptors (Lipinski definition) is 7. The summed E-state index contributed by atoms with van der Waals surface area (Å²) in [5, 5.41) is 5.95. The highest BCUT2D eigenvalue weighted by molar-refractivity contribution is 7.99. The maximum absolute atomic E-state index is 13.7. The minimum absolute atomic E-state index is 0.0471. The molecule has 0 atom stereocenters. The number of amides is 1. The summed E-state index contributed by atoms with van der Waals surface area (Å²) < 4.78 is 6.82. The number of hydrogen-bond donors (Lipinski definition) is 1. The zero-order valence-corrected chi connectivity index (χ0v) is 22.1. The van der Waals surface area contributed by atoms with Crippen LogP contribution in [-0.4, -0.2) is 34.0 Å². The lowest BCUT2D eigenvalue weighted by Crippen LogP contribution is -2.24. The van der Waals surface area contributed by atoms with E-state index in [2.05, 4.69) is 10.5 Å². The Morgan fingerprint density at radius 1 is 1.25 bits per heavy atom. The first-order valence-corrected chi connectivity index (χ1v) is 13.6. The SMILES string of the molecule is COc1cccc(C(C)=NNC(=O)CSc2nc3sc4c(c3c(=O)n2-c2ccc(Cl)cc2)CCC4)c1. The summed E-state index contributed by atoms with van der Waals surface area (Å²) in [6.07, 6.45) is 2.93. The van der Waals surface area contributed by atoms with E-state index in [0.29, 0.717) is 32.7 Å². The molecule has 10 heteroatoms. The number of aromatic nitrogens is 2. The Kier molecular flexibility index (Phi) is 7.13. The number of hydrazone groups is 1. The van der Waals surface area contributed by atoms with Gasteiger partial charge in [0.25, 0.3) is 11.5 Å². The molecule has 0 saturated heterocycles. The molecule has 0 fully saturated rings. The first-order valence-electron chi connectivity index (χ1n) is 11.4. The van der Waals surface area contributed by atoms with Gasteiger partial charge in [0, 0.05) is 15.5 Å². The maximum Gasteiger partial charge on any atom is 0.267 e. The van der Waals surface area contributed by atoms with Crippen LogP contribution in [0.2, 0.25) is 5.02 Å². The van der Waals surface area contributed by atoms with Gasteiger partial charge in [-0.2, -0.15) is 5.10 Å². The summed E-state index contributed by atoms with van der Waals surface area (Å²) >= 11 is 8.86. The molecule has 1 amide bonds. The van der Waals surface area contributed by atoms with Crippen LogP contribution in [0.15, 0.2) is 63.6 Å². The fraction of sp³-hybridized carbons (Fsp3) is 0.231. The molecular formula is C26H23ClN4O3S2. The Hall–Kier alpha value is -3.14. The molecule has 7 nitrogen and oxygen atoms in total. The van der Waals surface area contributed by atoms with E-state index in [4.69, 9.17) is 21.3 Å². The van der Waals surface area contributed by atoms with Crippen LogP contribution in [0, 0.1) is 0 Å². The van der Waals surface area contributed by atoms with Crippen molar-refractivity contribution in [3.63, 3.8) is 0 Å². The van der Waals surface area contributed by atoms with Gasteiger partial charge in [-0.15, -0.1) is 11.3 Å². The van der Waals surface area contributed by atoms with Crippen LogP contribution in [0.25, 0.3) is 15.9 Å². The van der Waals surface area contributed by atoms with Crippen molar-refractivity contribution in [1.82, 2.24) is 15.0 Å². The number of nitrogens with zero attached hydrogens (tertiary/aromatic N) is 3. The summed E-state index contributed by atoms with van der Waals surface area (Å²) in [6.45, 7) is 1.81. The van der Waals surface area contributed by atoms with Crippen LogP contribution in [0.4, 0.5) is 0 Å². The normalized spacial score (nSPS) is 13.1. The largest absolute Gasteiger partial charge is 0.497 e. The molecule has 0 radical (unpaired) electrons. The van der Waals surface area contributed by atoms with Gasteiger partial charge in [0.1, 0.15) is 10.6 Å². The number of thiophene rings is 1. The van der Waals surface area contributed by atoms with Crippen molar-refractivity contribution in [2.75, 3.05) is 12.9 Å². The smallest absolute Gasteiger partial charge is 0.267 e. The molecular weight excluding hydrogens is 516 g/mol. The second-order valence-electron chi connectivity index (χ2n) is 8.30. The number of benzene rings is 2. The lowest BCUT2D eigenvalue weighted by Gasteiger charge is -2.12. The Bertz CT molecular complexity index is 1540. The highest BCUT2D eigenvalue weighted by Gasteiger charge is 2.24. The maximum atomic E-state index is 13.7. The van der Waals surface area contributed by atoms with Crippen molar-refractivity contribution in [3.05, 3.63) is 79.9 Å². The lowest BCUT2D eigenvalue weighted by atomic mass is 10.1. The zero-order valence-electron chi connectivity index (χ0n) is 19.7. The number of aryl methyl sites for hydroxylation is 2. The van der Waals surface area contributed by atoms with Crippen molar-refractivity contribution < 1.29 is 9.53 Å². The molecule has 5 rings (SSSR count). The second kappa shape index (κ2) is 10.5. The standard InChI is InChI=1S/C26H23ClN4O3S2/c1-15(16-5-3-6-19(13-16)34-2)29-30-22(32)14-35-26-28-24-23(20-7-4-8-21(20)36-24)25(33)31(26)18-11-9-17(27)10-12-18/h3,5-6,9-13H,4,7-8,14H2,1-2H3,(H,30,32). The fourth-order valence-electron chi connectivity index (χ4n) is 4.16. The summed E-state index contributed by atoms with van der Waals surface area (Å²) in [5.41, 5.74) is 5.75. The van der Waals surface area contributed by atoms with Gasteiger partial charge in [-0.25, -0.2) is 10.4 Å². The minimum Gasteiger partial charge on any atom is -0.497 e. The Morgan fingerprint density at radius 3 is 2.83 bits per heavy atom. The van der Waals surface area contributed by atoms with Crippen LogP contribution >= 0.6 is 34.7 Å². The molecule has 0 unspecified atom stereocenters. The second-order valence-corrected chi connectivity index (χ2v) is 10.8. The van der Waals surface area contributed by atoms with Crippen LogP contribution in [0.3, 0.4) is 0 Å². The van der Waals surface area contributed by atoms with Gasteiger partial charge in [-0.1, -0.05) is 35.5 Å². The van der Waals surface area contributed by atoms with E-state index in [1.807, 2.05) is 31.2 Å². The number of halogens is 1. The molecule has 0 bridgehead atoms. The van der Waals surface area contributed by atoms with Crippen LogP contribution in [-0.2, 0) is 17.6 Å². The molecule has 36 heavy (non-hydrogen) atoms. The van der Waals surface area contributed by atoms with Crippen molar-refractivity contribution in [2.45, 2.75) is 31.3 Å². The van der Waals surface area contributed by atoms with E-state index >= 15 is 0 Å². The number of thioether (sulfide) groups is 1. The summed E-state index contributed by atoms with van der Waals surface area (Å²) in [6, 6.07) is 14.5. The van der Waals surface area contributed by atoms with E-state index in [0.717, 1.165) is 35.2 Å². The van der Waals surface area contributed by atoms with Crippen molar-refractivity contribution in [1.29, 1.82) is 0 Å². The first kappa shape index (κ1) is 24.5. The predicted molar refractivity (Wildman–Crippen MR) is 146 cm³/mol. The molecule has 1 aliphatic rings. The molecule has 0 aliphatic heterocycles. The molecule has 184 valence electrons. The van der Waals surface area contributed by atoms with E-state index in [9.17, 15) is 9.59 Å². The molecule has 4 aromatic rings. The first-order chi connectivity index (χ1) is 17.4. The minimum atomic E-state index is -0.298. The molecule has 2 aromatic carbocycles. The zero-order chi connectivity index (χ0) is 25.2. The molecule has 2 aromatic heterocycles. The third kappa shape index (κ3) is 4.91. The highest BCUT2D eigenvalue weighted by Crippen LogP contribution is 2.36. The van der Waals surface area contributed by atoms with Gasteiger partial charge < -0.3 is 4.74 Å². The van der Waals surface area contributed by atoms with Gasteiger partial charge in [-0.3, -0.25) is 14.2 Å². The fourth-order valence-corrected chi connectivity index (χ4v) is 6.39. The summed E-state index contributed by atoms with van der Waals surface area (Å²) in [5.74, 6) is 0.462. The molecule has 2 heterocycles. The topological polar surface area (TPSA) is 85.6 Å². The monoisotopic (exact) mass is 538 g/mol. The molecule has 1 aliphatic carbocycles. The average Bonchev–Trinajstić information content (AvgIpc) is 3.48. The number of fused-ring (bicyclic) bond motifs is 3. The summed E-state index contributed by atoms with van der Waals surface area (Å²) in [7, 11) is 1.60. The third-order valence-electron chi connectivity index (χ3n) is 5.96. The van der Waals surface area contributed by atoms with Crippen LogP contribution < -0.4 is 15.7 Å². The van der Waals surface area contributed by atoms with Crippen molar-refractivity contribution in [2.24, 2.45) is 5.10 Å². The van der Waals surface area contributed by atoms with E-state index < -0.39 is 0 Å². The van der Waals surface area contributed by atoms with Crippen LogP contribution in [0.5, 0.6) is 5.75 Å². The van der Waals surface area contributed by atoms with E-state index in [-0.39, 0.29) is 17.2 Å². The average molecular weight is 539 g/mol. The van der Waals surface area contributed by atoms with Gasteiger partial charge >= 0.3 is 0 Å². The van der Waals surface area contributed by atoms with E-state index in [1.54, 1.807) is 47.3 Å². The quantitative estimate of drug-likeness (QED) is 0.151. The van der Waals surface area contributed by atoms with Crippen LogP contribution in [0.1, 0.15) is 29.3 Å². The van der Waals surface area contributed by atoms with Gasteiger partial charge in [0.05, 0.1) is 29.6 Å². The molecule has 0 spiro atoms. The lowest BCUT2D eigenvalue weighted by molar-refractivity contribution is -0.118. The Labute approximate surface area is 221 Å².